The summed E-state index contributed by atoms with van der Waals surface area (Å²) in [5.74, 6) is -1.22. The Bertz CT molecular complexity index is 968. The molecule has 2 heterocycles. The van der Waals surface area contributed by atoms with Crippen LogP contribution in [0.25, 0.3) is 0 Å². The van der Waals surface area contributed by atoms with E-state index in [1.165, 1.54) is 36.1 Å². The van der Waals surface area contributed by atoms with Gasteiger partial charge in [-0.25, -0.2) is 0 Å². The van der Waals surface area contributed by atoms with Crippen molar-refractivity contribution in [2.45, 2.75) is 45.1 Å². The van der Waals surface area contributed by atoms with Crippen molar-refractivity contribution in [3.05, 3.63) is 59.2 Å². The largest absolute Gasteiger partial charge is 0.374 e. The molecule has 1 fully saturated rings. The number of likely N-dealkylation sites (tertiary alicyclic amines) is 1. The van der Waals surface area contributed by atoms with Crippen molar-refractivity contribution in [1.29, 1.82) is 0 Å². The van der Waals surface area contributed by atoms with Gasteiger partial charge in [-0.05, 0) is 80.6 Å². The van der Waals surface area contributed by atoms with Gasteiger partial charge in [0.2, 0.25) is 0 Å². The van der Waals surface area contributed by atoms with Crippen LogP contribution in [0.1, 0.15) is 48.4 Å². The SMILES string of the molecule is Cc1cccc(NC(=O)C(=O)NC[C@H](c2ccc3c(c2)CCCN3C)N2CCCCC2)c1. The van der Waals surface area contributed by atoms with Crippen LogP contribution in [0.4, 0.5) is 11.4 Å². The van der Waals surface area contributed by atoms with E-state index in [1.54, 1.807) is 6.07 Å². The molecule has 0 bridgehead atoms. The Labute approximate surface area is 191 Å². The molecule has 170 valence electrons. The van der Waals surface area contributed by atoms with Crippen molar-refractivity contribution in [3.63, 3.8) is 0 Å². The van der Waals surface area contributed by atoms with Crippen molar-refractivity contribution < 1.29 is 9.59 Å². The van der Waals surface area contributed by atoms with Gasteiger partial charge in [0, 0.05) is 31.5 Å². The summed E-state index contributed by atoms with van der Waals surface area (Å²) in [4.78, 5) is 29.8. The maximum atomic E-state index is 12.6. The number of piperidine rings is 1. The van der Waals surface area contributed by atoms with Crippen molar-refractivity contribution in [2.24, 2.45) is 0 Å². The van der Waals surface area contributed by atoms with Crippen molar-refractivity contribution in [3.8, 4) is 0 Å². The molecule has 2 aliphatic heterocycles. The Kier molecular flexibility index (Phi) is 7.10. The van der Waals surface area contributed by atoms with Crippen LogP contribution < -0.4 is 15.5 Å². The number of carbonyl (C=O) groups is 2. The second kappa shape index (κ2) is 10.2. The number of amides is 2. The maximum absolute atomic E-state index is 12.6. The zero-order valence-electron chi connectivity index (χ0n) is 19.2. The Morgan fingerprint density at radius 1 is 0.969 bits per heavy atom. The van der Waals surface area contributed by atoms with E-state index >= 15 is 0 Å². The van der Waals surface area contributed by atoms with E-state index in [9.17, 15) is 9.59 Å². The molecular formula is C26H34N4O2. The van der Waals surface area contributed by atoms with Gasteiger partial charge < -0.3 is 15.5 Å². The Morgan fingerprint density at radius 3 is 2.56 bits per heavy atom. The van der Waals surface area contributed by atoms with Gasteiger partial charge in [-0.1, -0.05) is 30.7 Å². The van der Waals surface area contributed by atoms with E-state index < -0.39 is 11.8 Å². The highest BCUT2D eigenvalue weighted by molar-refractivity contribution is 6.39. The molecule has 0 unspecified atom stereocenters. The van der Waals surface area contributed by atoms with Crippen LogP contribution in [0.3, 0.4) is 0 Å². The van der Waals surface area contributed by atoms with Gasteiger partial charge in [0.25, 0.3) is 0 Å². The first-order valence-corrected chi connectivity index (χ1v) is 11.7. The third-order valence-corrected chi connectivity index (χ3v) is 6.61. The number of fused-ring (bicyclic) bond motifs is 1. The molecule has 0 radical (unpaired) electrons. The molecule has 2 N–H and O–H groups in total. The summed E-state index contributed by atoms with van der Waals surface area (Å²) in [5, 5.41) is 5.60. The monoisotopic (exact) mass is 434 g/mol. The van der Waals surface area contributed by atoms with E-state index in [1.807, 2.05) is 25.1 Å². The van der Waals surface area contributed by atoms with Gasteiger partial charge in [0.1, 0.15) is 0 Å². The highest BCUT2D eigenvalue weighted by Crippen LogP contribution is 2.31. The van der Waals surface area contributed by atoms with Gasteiger partial charge in [-0.2, -0.15) is 0 Å². The lowest BCUT2D eigenvalue weighted by atomic mass is 9.95. The van der Waals surface area contributed by atoms with Crippen LogP contribution in [0.2, 0.25) is 0 Å². The molecule has 0 aromatic heterocycles. The first kappa shape index (κ1) is 22.3. The fourth-order valence-corrected chi connectivity index (χ4v) is 4.88. The number of aryl methyl sites for hydroxylation is 2. The smallest absolute Gasteiger partial charge is 0.313 e. The first-order valence-electron chi connectivity index (χ1n) is 11.7. The molecule has 2 aliphatic rings. The number of carbonyl (C=O) groups excluding carboxylic acids is 2. The number of nitrogens with one attached hydrogen (secondary N) is 2. The molecular weight excluding hydrogens is 400 g/mol. The molecule has 4 rings (SSSR count). The van der Waals surface area contributed by atoms with Gasteiger partial charge in [0.15, 0.2) is 0 Å². The van der Waals surface area contributed by atoms with Crippen LogP contribution in [-0.4, -0.2) is 49.9 Å². The summed E-state index contributed by atoms with van der Waals surface area (Å²) in [6.45, 7) is 5.51. The Balaban J connectivity index is 1.46. The third kappa shape index (κ3) is 5.30. The molecule has 0 saturated carbocycles. The number of hydrogen-bond acceptors (Lipinski definition) is 4. The van der Waals surface area contributed by atoms with Crippen LogP contribution in [0, 0.1) is 6.92 Å². The molecule has 2 aromatic carbocycles. The van der Waals surface area contributed by atoms with Gasteiger partial charge in [-0.3, -0.25) is 14.5 Å². The van der Waals surface area contributed by atoms with Gasteiger partial charge in [-0.15, -0.1) is 0 Å². The Morgan fingerprint density at radius 2 is 1.78 bits per heavy atom. The maximum Gasteiger partial charge on any atom is 0.313 e. The van der Waals surface area contributed by atoms with Gasteiger partial charge in [0.05, 0.1) is 6.04 Å². The van der Waals surface area contributed by atoms with Crippen LogP contribution >= 0.6 is 0 Å². The molecule has 0 aliphatic carbocycles. The standard InChI is InChI=1S/C26H34N4O2/c1-19-8-6-10-22(16-19)28-26(32)25(31)27-18-24(30-14-4-3-5-15-30)21-11-12-23-20(17-21)9-7-13-29(23)2/h6,8,10-12,16-17,24H,3-5,7,9,13-15,18H2,1-2H3,(H,27,31)(H,28,32)/t24-/m1/s1. The van der Waals surface area contributed by atoms with Crippen molar-refractivity contribution in [2.75, 3.05) is 43.4 Å². The normalized spacial score (nSPS) is 17.4. The number of benzene rings is 2. The van der Waals surface area contributed by atoms with Crippen LogP contribution in [-0.2, 0) is 16.0 Å². The summed E-state index contributed by atoms with van der Waals surface area (Å²) in [6, 6.07) is 14.3. The summed E-state index contributed by atoms with van der Waals surface area (Å²) >= 11 is 0. The lowest BCUT2D eigenvalue weighted by Crippen LogP contribution is -2.43. The summed E-state index contributed by atoms with van der Waals surface area (Å²) in [5.41, 5.74) is 5.57. The number of anilines is 2. The molecule has 6 heteroatoms. The van der Waals surface area contributed by atoms with E-state index in [0.29, 0.717) is 12.2 Å². The molecule has 2 amide bonds. The van der Waals surface area contributed by atoms with E-state index in [2.05, 4.69) is 45.7 Å². The topological polar surface area (TPSA) is 64.7 Å². The molecule has 1 atom stereocenters. The number of rotatable bonds is 5. The van der Waals surface area contributed by atoms with Crippen LogP contribution in [0.15, 0.2) is 42.5 Å². The predicted molar refractivity (Wildman–Crippen MR) is 129 cm³/mol. The summed E-state index contributed by atoms with van der Waals surface area (Å²) < 4.78 is 0. The zero-order chi connectivity index (χ0) is 22.5. The zero-order valence-corrected chi connectivity index (χ0v) is 19.2. The Hall–Kier alpha value is -2.86. The average Bonchev–Trinajstić information content (AvgIpc) is 2.80. The quantitative estimate of drug-likeness (QED) is 0.705. The van der Waals surface area contributed by atoms with Gasteiger partial charge >= 0.3 is 11.8 Å². The minimum Gasteiger partial charge on any atom is -0.374 e. The van der Waals surface area contributed by atoms with E-state index in [0.717, 1.165) is 38.0 Å². The van der Waals surface area contributed by atoms with E-state index in [4.69, 9.17) is 0 Å². The minimum absolute atomic E-state index is 0.0727. The summed E-state index contributed by atoms with van der Waals surface area (Å²) in [7, 11) is 2.15. The molecule has 32 heavy (non-hydrogen) atoms. The number of hydrogen-bond donors (Lipinski definition) is 2. The fourth-order valence-electron chi connectivity index (χ4n) is 4.88. The third-order valence-electron chi connectivity index (χ3n) is 6.61. The van der Waals surface area contributed by atoms with E-state index in [-0.39, 0.29) is 6.04 Å². The minimum atomic E-state index is -0.625. The highest BCUT2D eigenvalue weighted by atomic mass is 16.2. The number of nitrogens with zero attached hydrogens (tertiary/aromatic N) is 2. The molecule has 0 spiro atoms. The molecule has 6 nitrogen and oxygen atoms in total. The van der Waals surface area contributed by atoms with Crippen LogP contribution in [0.5, 0.6) is 0 Å². The lowest BCUT2D eigenvalue weighted by Gasteiger charge is -2.36. The highest BCUT2D eigenvalue weighted by Gasteiger charge is 2.26. The van der Waals surface area contributed by atoms with Crippen molar-refractivity contribution >= 4 is 23.2 Å². The molecule has 1 saturated heterocycles. The first-order chi connectivity index (χ1) is 15.5. The summed E-state index contributed by atoms with van der Waals surface area (Å²) in [6.07, 6.45) is 5.85. The average molecular weight is 435 g/mol. The van der Waals surface area contributed by atoms with Crippen molar-refractivity contribution in [1.82, 2.24) is 10.2 Å². The predicted octanol–water partition coefficient (Wildman–Crippen LogP) is 3.66. The second-order valence-corrected chi connectivity index (χ2v) is 9.06. The second-order valence-electron chi connectivity index (χ2n) is 9.06. The fraction of sp³-hybridized carbons (Fsp3) is 0.462. The molecule has 2 aromatic rings. The lowest BCUT2D eigenvalue weighted by molar-refractivity contribution is -0.136.